The molecule has 2 atom stereocenters. The van der Waals surface area contributed by atoms with Crippen LogP contribution in [0, 0.1) is 6.92 Å². The van der Waals surface area contributed by atoms with Crippen LogP contribution in [-0.2, 0) is 13.1 Å². The Balaban J connectivity index is 1.48. The minimum absolute atomic E-state index is 0.368. The number of nitrogens with zero attached hydrogens (tertiary/aromatic N) is 6. The maximum Gasteiger partial charge on any atom is 0.153 e. The lowest BCUT2D eigenvalue weighted by molar-refractivity contribution is 0.520. The van der Waals surface area contributed by atoms with Crippen molar-refractivity contribution in [2.45, 2.75) is 78.3 Å². The molecule has 0 aliphatic rings. The molecule has 0 aromatic carbocycles. The Kier molecular flexibility index (Phi) is 6.08. The summed E-state index contributed by atoms with van der Waals surface area (Å²) in [5, 5.41) is 11.9. The van der Waals surface area contributed by atoms with Gasteiger partial charge in [-0.2, -0.15) is 10.2 Å². The Bertz CT molecular complexity index is 842. The van der Waals surface area contributed by atoms with E-state index >= 15 is 0 Å². The van der Waals surface area contributed by atoms with E-state index in [1.54, 1.807) is 0 Å². The number of H-pyrrole nitrogens is 1. The van der Waals surface area contributed by atoms with Gasteiger partial charge in [0.2, 0.25) is 0 Å². The van der Waals surface area contributed by atoms with Gasteiger partial charge in [-0.05, 0) is 31.7 Å². The van der Waals surface area contributed by atoms with E-state index in [9.17, 15) is 0 Å². The van der Waals surface area contributed by atoms with E-state index < -0.39 is 0 Å². The van der Waals surface area contributed by atoms with Gasteiger partial charge in [0.05, 0.1) is 17.7 Å². The van der Waals surface area contributed by atoms with Gasteiger partial charge in [-0.25, -0.2) is 9.97 Å². The molecule has 0 aliphatic heterocycles. The van der Waals surface area contributed by atoms with Crippen molar-refractivity contribution in [3.8, 4) is 0 Å². The summed E-state index contributed by atoms with van der Waals surface area (Å²) in [6, 6.07) is 2.13. The van der Waals surface area contributed by atoms with E-state index in [4.69, 9.17) is 0 Å². The maximum atomic E-state index is 4.61. The van der Waals surface area contributed by atoms with Gasteiger partial charge < -0.3 is 4.57 Å². The number of imidazole rings is 1. The van der Waals surface area contributed by atoms with E-state index in [0.29, 0.717) is 17.8 Å². The summed E-state index contributed by atoms with van der Waals surface area (Å²) in [7, 11) is 0. The molecule has 3 heterocycles. The van der Waals surface area contributed by atoms with E-state index in [2.05, 4.69) is 69.8 Å². The monoisotopic (exact) mass is 369 g/mol. The summed E-state index contributed by atoms with van der Waals surface area (Å²) in [5.41, 5.74) is 3.39. The fourth-order valence-corrected chi connectivity index (χ4v) is 3.10. The highest BCUT2D eigenvalue weighted by Crippen LogP contribution is 2.21. The molecule has 0 spiro atoms. The number of aromatic amines is 1. The number of rotatable bonds is 9. The van der Waals surface area contributed by atoms with Crippen molar-refractivity contribution in [2.24, 2.45) is 0 Å². The van der Waals surface area contributed by atoms with Gasteiger partial charge in [0.25, 0.3) is 0 Å². The highest BCUT2D eigenvalue weighted by Gasteiger charge is 2.12. The average molecular weight is 370 g/mol. The van der Waals surface area contributed by atoms with Gasteiger partial charge >= 0.3 is 0 Å². The van der Waals surface area contributed by atoms with Crippen LogP contribution in [0.4, 0.5) is 0 Å². The number of hydrogen-bond acceptors (Lipinski definition) is 4. The molecule has 3 aromatic rings. The third kappa shape index (κ3) is 5.05. The molecule has 0 saturated carbocycles. The first-order valence-electron chi connectivity index (χ1n) is 9.85. The largest absolute Gasteiger partial charge is 0.337 e. The number of nitrogens with one attached hydrogen (secondary N) is 1. The quantitative estimate of drug-likeness (QED) is 0.618. The molecule has 7 heteroatoms. The van der Waals surface area contributed by atoms with Crippen molar-refractivity contribution in [1.82, 2.24) is 34.5 Å². The van der Waals surface area contributed by atoms with E-state index in [1.165, 1.54) is 5.69 Å². The summed E-state index contributed by atoms with van der Waals surface area (Å²) in [5.74, 6) is 2.13. The van der Waals surface area contributed by atoms with Crippen LogP contribution >= 0.6 is 0 Å². The molecule has 27 heavy (non-hydrogen) atoms. The zero-order chi connectivity index (χ0) is 19.4. The fraction of sp³-hybridized carbons (Fsp3) is 0.600. The Morgan fingerprint density at radius 3 is 2.44 bits per heavy atom. The Morgan fingerprint density at radius 1 is 1.00 bits per heavy atom. The molecule has 146 valence electrons. The van der Waals surface area contributed by atoms with E-state index in [-0.39, 0.29) is 0 Å². The van der Waals surface area contributed by atoms with Crippen molar-refractivity contribution in [3.63, 3.8) is 0 Å². The molecule has 0 bridgehead atoms. The van der Waals surface area contributed by atoms with Crippen LogP contribution in [0.5, 0.6) is 0 Å². The molecule has 2 unspecified atom stereocenters. The van der Waals surface area contributed by atoms with Crippen LogP contribution in [0.2, 0.25) is 0 Å². The second-order valence-corrected chi connectivity index (χ2v) is 7.90. The van der Waals surface area contributed by atoms with Crippen molar-refractivity contribution < 1.29 is 0 Å². The predicted octanol–water partition coefficient (Wildman–Crippen LogP) is 4.02. The second kappa shape index (κ2) is 8.50. The molecule has 3 rings (SSSR count). The van der Waals surface area contributed by atoms with Gasteiger partial charge in [0.15, 0.2) is 5.82 Å². The highest BCUT2D eigenvalue weighted by molar-refractivity contribution is 5.11. The lowest BCUT2D eigenvalue weighted by Gasteiger charge is -2.10. The van der Waals surface area contributed by atoms with Crippen molar-refractivity contribution in [1.29, 1.82) is 0 Å². The first kappa shape index (κ1) is 19.3. The second-order valence-electron chi connectivity index (χ2n) is 7.90. The van der Waals surface area contributed by atoms with Crippen LogP contribution in [0.25, 0.3) is 0 Å². The summed E-state index contributed by atoms with van der Waals surface area (Å²) in [4.78, 5) is 8.98. The minimum atomic E-state index is 0.368. The molecule has 0 radical (unpaired) electrons. The first-order chi connectivity index (χ1) is 12.9. The number of hydrogen-bond donors (Lipinski definition) is 1. The topological polar surface area (TPSA) is 77.2 Å². The molecule has 1 N–H and O–H groups in total. The van der Waals surface area contributed by atoms with Crippen LogP contribution in [0.1, 0.15) is 81.2 Å². The lowest BCUT2D eigenvalue weighted by Crippen LogP contribution is -2.05. The van der Waals surface area contributed by atoms with Gasteiger partial charge in [-0.3, -0.25) is 9.78 Å². The summed E-state index contributed by atoms with van der Waals surface area (Å²) >= 11 is 0. The van der Waals surface area contributed by atoms with Crippen LogP contribution in [0.3, 0.4) is 0 Å². The van der Waals surface area contributed by atoms with E-state index in [1.807, 2.05) is 24.3 Å². The molecule has 3 aromatic heterocycles. The average Bonchev–Trinajstić information content (AvgIpc) is 3.37. The normalized spacial score (nSPS) is 14.0. The van der Waals surface area contributed by atoms with E-state index in [0.717, 1.165) is 43.1 Å². The van der Waals surface area contributed by atoms with Crippen LogP contribution in [0.15, 0.2) is 24.9 Å². The Morgan fingerprint density at radius 2 is 1.78 bits per heavy atom. The smallest absolute Gasteiger partial charge is 0.153 e. The zero-order valence-electron chi connectivity index (χ0n) is 17.1. The van der Waals surface area contributed by atoms with Crippen LogP contribution < -0.4 is 0 Å². The van der Waals surface area contributed by atoms with Gasteiger partial charge in [-0.1, -0.05) is 27.7 Å². The molecule has 0 aliphatic carbocycles. The van der Waals surface area contributed by atoms with Crippen molar-refractivity contribution >= 4 is 0 Å². The predicted molar refractivity (Wildman–Crippen MR) is 106 cm³/mol. The molecule has 0 amide bonds. The van der Waals surface area contributed by atoms with Gasteiger partial charge in [-0.15, -0.1) is 0 Å². The standard InChI is InChI=1S/C20H31N7/c1-14(2)20-22-13-27(25-20)9-7-16(4)19-11-26(12-21-19)8-6-15(3)18-10-17(5)23-24-18/h10-16H,6-9H2,1-5H3,(H,23,24). The van der Waals surface area contributed by atoms with Crippen molar-refractivity contribution in [2.75, 3.05) is 0 Å². The zero-order valence-corrected chi connectivity index (χ0v) is 17.1. The highest BCUT2D eigenvalue weighted by atomic mass is 15.3. The summed E-state index contributed by atoms with van der Waals surface area (Å²) in [6.07, 6.45) is 8.02. The Hall–Kier alpha value is -2.44. The Labute approximate surface area is 161 Å². The van der Waals surface area contributed by atoms with Crippen LogP contribution in [-0.4, -0.2) is 34.5 Å². The number of aryl methyl sites for hydroxylation is 3. The molecule has 0 saturated heterocycles. The van der Waals surface area contributed by atoms with Gasteiger partial charge in [0.1, 0.15) is 6.33 Å². The first-order valence-corrected chi connectivity index (χ1v) is 9.85. The molecular formula is C20H31N7. The summed E-state index contributed by atoms with van der Waals surface area (Å²) < 4.78 is 4.13. The molecule has 7 nitrogen and oxygen atoms in total. The summed E-state index contributed by atoms with van der Waals surface area (Å²) in [6.45, 7) is 12.5. The number of aromatic nitrogens is 7. The molecule has 0 fully saturated rings. The lowest BCUT2D eigenvalue weighted by atomic mass is 10.0. The SMILES string of the molecule is Cc1cc(C(C)CCn2cnc(C(C)CCn3cnc(C(C)C)n3)c2)[nH]n1. The maximum absolute atomic E-state index is 4.61. The van der Waals surface area contributed by atoms with Crippen molar-refractivity contribution in [3.05, 3.63) is 47.8 Å². The molecular weight excluding hydrogens is 338 g/mol. The third-order valence-corrected chi connectivity index (χ3v) is 5.10. The fourth-order valence-electron chi connectivity index (χ4n) is 3.10. The third-order valence-electron chi connectivity index (χ3n) is 5.10. The minimum Gasteiger partial charge on any atom is -0.337 e. The van der Waals surface area contributed by atoms with Gasteiger partial charge in [0, 0.05) is 36.8 Å².